The Balaban J connectivity index is 0.000000347. The van der Waals surface area contributed by atoms with Crippen LogP contribution in [-0.2, 0) is 6.42 Å². The molecule has 2 aromatic rings. The Hall–Kier alpha value is -1.56. The molecule has 0 heterocycles. The Morgan fingerprint density at radius 1 is 0.826 bits per heavy atom. The molecule has 0 aromatic heterocycles. The van der Waals surface area contributed by atoms with Crippen LogP contribution in [0.5, 0.6) is 0 Å². The summed E-state index contributed by atoms with van der Waals surface area (Å²) in [6.07, 6.45) is 5.26. The minimum absolute atomic E-state index is 0.909. The van der Waals surface area contributed by atoms with Crippen molar-refractivity contribution in [2.75, 3.05) is 0 Å². The van der Waals surface area contributed by atoms with Gasteiger partial charge in [0.2, 0.25) is 0 Å². The van der Waals surface area contributed by atoms with Crippen molar-refractivity contribution in [1.29, 1.82) is 0 Å². The molecular formula is C23H36. The van der Waals surface area contributed by atoms with E-state index in [4.69, 9.17) is 0 Å². The SMILES string of the molecule is CC.CC.CCCc1cccc(C)c1.c1ccc(C2CC2)cc1. The molecule has 1 aliphatic carbocycles. The molecule has 0 amide bonds. The van der Waals surface area contributed by atoms with E-state index in [9.17, 15) is 0 Å². The number of hydrogen-bond acceptors (Lipinski definition) is 0. The zero-order chi connectivity index (χ0) is 17.5. The maximum Gasteiger partial charge on any atom is -0.0162 e. The lowest BCUT2D eigenvalue weighted by Crippen LogP contribution is -1.82. The zero-order valence-electron chi connectivity index (χ0n) is 16.1. The molecule has 1 saturated carbocycles. The van der Waals surface area contributed by atoms with Crippen molar-refractivity contribution in [3.05, 3.63) is 71.3 Å². The van der Waals surface area contributed by atoms with E-state index in [1.54, 1.807) is 0 Å². The number of benzene rings is 2. The summed E-state index contributed by atoms with van der Waals surface area (Å²) in [7, 11) is 0. The highest BCUT2D eigenvalue weighted by molar-refractivity contribution is 5.23. The normalized spacial score (nSPS) is 11.7. The van der Waals surface area contributed by atoms with Crippen LogP contribution < -0.4 is 0 Å². The Labute approximate surface area is 145 Å². The Kier molecular flexibility index (Phi) is 13.1. The molecular weight excluding hydrogens is 276 g/mol. The van der Waals surface area contributed by atoms with Gasteiger partial charge in [0.25, 0.3) is 0 Å². The fourth-order valence-corrected chi connectivity index (χ4v) is 2.30. The number of rotatable bonds is 3. The van der Waals surface area contributed by atoms with E-state index < -0.39 is 0 Å². The van der Waals surface area contributed by atoms with Gasteiger partial charge in [-0.3, -0.25) is 0 Å². The maximum atomic E-state index is 2.25. The standard InChI is InChI=1S/C10H14.C9H10.2C2H6/c1-3-5-10-7-4-6-9(2)8-10;1-2-4-8(5-3-1)9-6-7-9;2*1-2/h4,6-8H,3,5H2,1-2H3;1-5,9H,6-7H2;2*1-2H3. The summed E-state index contributed by atoms with van der Waals surface area (Å²) in [4.78, 5) is 0. The second-order valence-electron chi connectivity index (χ2n) is 5.42. The molecule has 128 valence electrons. The molecule has 2 aromatic carbocycles. The summed E-state index contributed by atoms with van der Waals surface area (Å²) >= 11 is 0. The second-order valence-corrected chi connectivity index (χ2v) is 5.42. The third kappa shape index (κ3) is 9.94. The van der Waals surface area contributed by atoms with Gasteiger partial charge in [-0.2, -0.15) is 0 Å². The van der Waals surface area contributed by atoms with E-state index in [2.05, 4.69) is 68.4 Å². The van der Waals surface area contributed by atoms with Crippen molar-refractivity contribution >= 4 is 0 Å². The molecule has 0 heteroatoms. The summed E-state index contributed by atoms with van der Waals surface area (Å²) < 4.78 is 0. The zero-order valence-corrected chi connectivity index (χ0v) is 16.1. The molecule has 23 heavy (non-hydrogen) atoms. The molecule has 0 saturated heterocycles. The van der Waals surface area contributed by atoms with Crippen molar-refractivity contribution in [2.45, 2.75) is 73.1 Å². The van der Waals surface area contributed by atoms with E-state index in [1.807, 2.05) is 27.7 Å². The van der Waals surface area contributed by atoms with Gasteiger partial charge in [0.1, 0.15) is 0 Å². The third-order valence-electron chi connectivity index (χ3n) is 3.47. The van der Waals surface area contributed by atoms with E-state index in [-0.39, 0.29) is 0 Å². The van der Waals surface area contributed by atoms with Crippen molar-refractivity contribution in [3.63, 3.8) is 0 Å². The van der Waals surface area contributed by atoms with E-state index >= 15 is 0 Å². The Bertz CT molecular complexity index is 480. The number of aryl methyl sites for hydroxylation is 2. The second kappa shape index (κ2) is 14.1. The average Bonchev–Trinajstić information content (AvgIpc) is 3.45. The van der Waals surface area contributed by atoms with Crippen molar-refractivity contribution in [3.8, 4) is 0 Å². The van der Waals surface area contributed by atoms with Gasteiger partial charge in [-0.25, -0.2) is 0 Å². The van der Waals surface area contributed by atoms with Gasteiger partial charge in [0, 0.05) is 0 Å². The fraction of sp³-hybridized carbons (Fsp3) is 0.478. The summed E-state index contributed by atoms with van der Waals surface area (Å²) in [5, 5.41) is 0. The summed E-state index contributed by atoms with van der Waals surface area (Å²) in [5.41, 5.74) is 4.35. The molecule has 1 aliphatic rings. The quantitative estimate of drug-likeness (QED) is 0.548. The minimum atomic E-state index is 0.909. The molecule has 1 fully saturated rings. The van der Waals surface area contributed by atoms with Crippen molar-refractivity contribution in [1.82, 2.24) is 0 Å². The molecule has 3 rings (SSSR count). The van der Waals surface area contributed by atoms with Crippen LogP contribution in [0.3, 0.4) is 0 Å². The van der Waals surface area contributed by atoms with Gasteiger partial charge >= 0.3 is 0 Å². The highest BCUT2D eigenvalue weighted by atomic mass is 14.3. The summed E-state index contributed by atoms with van der Waals surface area (Å²) in [6, 6.07) is 19.5. The van der Waals surface area contributed by atoms with E-state index in [0.29, 0.717) is 0 Å². The maximum absolute atomic E-state index is 2.25. The van der Waals surface area contributed by atoms with E-state index in [1.165, 1.54) is 42.4 Å². The van der Waals surface area contributed by atoms with Crippen LogP contribution in [0.15, 0.2) is 54.6 Å². The first-order chi connectivity index (χ1) is 11.3. The van der Waals surface area contributed by atoms with E-state index in [0.717, 1.165) is 5.92 Å². The first-order valence-electron chi connectivity index (χ1n) is 9.40. The lowest BCUT2D eigenvalue weighted by atomic mass is 10.1. The lowest BCUT2D eigenvalue weighted by Gasteiger charge is -1.97. The van der Waals surface area contributed by atoms with Crippen LogP contribution in [0.1, 0.15) is 76.5 Å². The molecule has 0 unspecified atom stereocenters. The van der Waals surface area contributed by atoms with Crippen molar-refractivity contribution in [2.24, 2.45) is 0 Å². The summed E-state index contributed by atoms with van der Waals surface area (Å²) in [5.74, 6) is 0.909. The number of hydrogen-bond donors (Lipinski definition) is 0. The smallest absolute Gasteiger partial charge is 0.0162 e. The molecule has 0 nitrogen and oxygen atoms in total. The predicted octanol–water partition coefficient (Wildman–Crippen LogP) is 7.56. The van der Waals surface area contributed by atoms with Crippen LogP contribution in [0, 0.1) is 6.92 Å². The van der Waals surface area contributed by atoms with Gasteiger partial charge in [-0.1, -0.05) is 101 Å². The average molecular weight is 313 g/mol. The molecule has 0 atom stereocenters. The first-order valence-corrected chi connectivity index (χ1v) is 9.40. The van der Waals surface area contributed by atoms with Crippen LogP contribution >= 0.6 is 0 Å². The van der Waals surface area contributed by atoms with Gasteiger partial charge < -0.3 is 0 Å². The molecule has 0 aliphatic heterocycles. The predicted molar refractivity (Wildman–Crippen MR) is 106 cm³/mol. The van der Waals surface area contributed by atoms with Gasteiger partial charge in [-0.15, -0.1) is 0 Å². The molecule has 0 bridgehead atoms. The summed E-state index contributed by atoms with van der Waals surface area (Å²) in [6.45, 7) is 12.3. The fourth-order valence-electron chi connectivity index (χ4n) is 2.30. The highest BCUT2D eigenvalue weighted by Crippen LogP contribution is 2.39. The minimum Gasteiger partial charge on any atom is -0.0683 e. The Morgan fingerprint density at radius 3 is 1.91 bits per heavy atom. The highest BCUT2D eigenvalue weighted by Gasteiger charge is 2.22. The topological polar surface area (TPSA) is 0 Å². The monoisotopic (exact) mass is 312 g/mol. The molecule has 0 N–H and O–H groups in total. The van der Waals surface area contributed by atoms with Gasteiger partial charge in [0.15, 0.2) is 0 Å². The Morgan fingerprint density at radius 2 is 1.43 bits per heavy atom. The van der Waals surface area contributed by atoms with Crippen LogP contribution in [0.2, 0.25) is 0 Å². The largest absolute Gasteiger partial charge is 0.0683 e. The van der Waals surface area contributed by atoms with Crippen LogP contribution in [0.4, 0.5) is 0 Å². The van der Waals surface area contributed by atoms with Crippen LogP contribution in [0.25, 0.3) is 0 Å². The molecule has 0 radical (unpaired) electrons. The molecule has 0 spiro atoms. The van der Waals surface area contributed by atoms with Gasteiger partial charge in [0.05, 0.1) is 0 Å². The first kappa shape index (κ1) is 21.4. The third-order valence-corrected chi connectivity index (χ3v) is 3.47. The lowest BCUT2D eigenvalue weighted by molar-refractivity contribution is 0.920. The van der Waals surface area contributed by atoms with Crippen LogP contribution in [-0.4, -0.2) is 0 Å². The van der Waals surface area contributed by atoms with Gasteiger partial charge in [-0.05, 0) is 43.2 Å². The van der Waals surface area contributed by atoms with Crippen molar-refractivity contribution < 1.29 is 0 Å².